The minimum Gasteiger partial charge on any atom is -0.353 e. The van der Waals surface area contributed by atoms with Gasteiger partial charge in [-0.25, -0.2) is 0 Å². The molecular weight excluding hydrogens is 221 g/mol. The molecule has 1 rings (SSSR count). The molecule has 0 aromatic rings. The van der Waals surface area contributed by atoms with Gasteiger partial charge in [0.05, 0.1) is 5.92 Å². The maximum atomic E-state index is 12.5. The number of hydrogen-bond acceptors (Lipinski definition) is 2. The summed E-state index contributed by atoms with van der Waals surface area (Å²) in [6.07, 6.45) is -2.66. The Hall–Kier alpha value is -0.780. The van der Waals surface area contributed by atoms with Crippen LogP contribution in [0.5, 0.6) is 0 Å². The monoisotopic (exact) mass is 238 g/mol. The van der Waals surface area contributed by atoms with Gasteiger partial charge in [0, 0.05) is 19.0 Å². The molecule has 1 fully saturated rings. The van der Waals surface area contributed by atoms with Crippen molar-refractivity contribution >= 4 is 5.91 Å². The molecule has 0 saturated heterocycles. The molecule has 3 nitrogen and oxygen atoms in total. The van der Waals surface area contributed by atoms with Crippen LogP contribution in [0.3, 0.4) is 0 Å². The summed E-state index contributed by atoms with van der Waals surface area (Å²) in [6.45, 7) is 0.223. The molecular formula is C10H17F3N2O. The molecule has 94 valence electrons. The van der Waals surface area contributed by atoms with Crippen LogP contribution in [0.1, 0.15) is 32.1 Å². The van der Waals surface area contributed by atoms with Crippen molar-refractivity contribution in [2.45, 2.75) is 44.3 Å². The zero-order valence-corrected chi connectivity index (χ0v) is 9.02. The molecule has 0 radical (unpaired) electrons. The molecule has 0 heterocycles. The van der Waals surface area contributed by atoms with Gasteiger partial charge < -0.3 is 11.1 Å². The van der Waals surface area contributed by atoms with Gasteiger partial charge in [0.15, 0.2) is 0 Å². The van der Waals surface area contributed by atoms with Crippen molar-refractivity contribution in [2.24, 2.45) is 11.7 Å². The van der Waals surface area contributed by atoms with Crippen molar-refractivity contribution in [1.82, 2.24) is 5.32 Å². The van der Waals surface area contributed by atoms with E-state index in [1.807, 2.05) is 0 Å². The van der Waals surface area contributed by atoms with E-state index in [0.29, 0.717) is 12.8 Å². The van der Waals surface area contributed by atoms with Crippen LogP contribution < -0.4 is 11.1 Å². The van der Waals surface area contributed by atoms with Crippen molar-refractivity contribution in [3.63, 3.8) is 0 Å². The van der Waals surface area contributed by atoms with Gasteiger partial charge in [0.2, 0.25) is 5.91 Å². The van der Waals surface area contributed by atoms with Crippen LogP contribution in [0.15, 0.2) is 0 Å². The fraction of sp³-hybridized carbons (Fsp3) is 0.900. The van der Waals surface area contributed by atoms with Crippen molar-refractivity contribution in [3.05, 3.63) is 0 Å². The third-order valence-electron chi connectivity index (χ3n) is 2.87. The van der Waals surface area contributed by atoms with E-state index in [-0.39, 0.29) is 37.8 Å². The second-order valence-corrected chi connectivity index (χ2v) is 4.21. The Bertz CT molecular complexity index is 243. The Labute approximate surface area is 92.6 Å². The predicted molar refractivity (Wildman–Crippen MR) is 53.6 cm³/mol. The van der Waals surface area contributed by atoms with E-state index < -0.39 is 12.1 Å². The molecule has 3 N–H and O–H groups in total. The Morgan fingerprint density at radius 3 is 2.62 bits per heavy atom. The molecule has 16 heavy (non-hydrogen) atoms. The van der Waals surface area contributed by atoms with Crippen LogP contribution in [0.2, 0.25) is 0 Å². The number of carbonyl (C=O) groups is 1. The van der Waals surface area contributed by atoms with Gasteiger partial charge in [0.25, 0.3) is 0 Å². The van der Waals surface area contributed by atoms with Crippen LogP contribution in [0.4, 0.5) is 13.2 Å². The standard InChI is InChI=1S/C10H17F3N2O/c11-10(12,13)7-2-1-3-8(6-7)15-9(16)4-5-14/h7-8H,1-6,14H2,(H,15,16). The predicted octanol–water partition coefficient (Wildman–Crippen LogP) is 1.57. The molecule has 2 atom stereocenters. The zero-order valence-electron chi connectivity index (χ0n) is 9.02. The molecule has 0 aromatic carbocycles. The van der Waals surface area contributed by atoms with E-state index in [1.165, 1.54) is 0 Å². The smallest absolute Gasteiger partial charge is 0.353 e. The van der Waals surface area contributed by atoms with E-state index in [1.54, 1.807) is 0 Å². The van der Waals surface area contributed by atoms with Gasteiger partial charge in [-0.15, -0.1) is 0 Å². The SMILES string of the molecule is NCCC(=O)NC1CCCC(C(F)(F)F)C1. The maximum Gasteiger partial charge on any atom is 0.391 e. The van der Waals surface area contributed by atoms with Gasteiger partial charge in [0.1, 0.15) is 0 Å². The summed E-state index contributed by atoms with van der Waals surface area (Å²) in [5.41, 5.74) is 5.19. The molecule has 0 bridgehead atoms. The number of rotatable bonds is 3. The Morgan fingerprint density at radius 1 is 1.38 bits per heavy atom. The number of nitrogens with two attached hydrogens (primary N) is 1. The Morgan fingerprint density at radius 2 is 2.06 bits per heavy atom. The average molecular weight is 238 g/mol. The Kier molecular flexibility index (Phi) is 4.58. The first kappa shape index (κ1) is 13.3. The fourth-order valence-electron chi connectivity index (χ4n) is 2.05. The normalized spacial score (nSPS) is 26.5. The lowest BCUT2D eigenvalue weighted by Crippen LogP contribution is -2.42. The number of amides is 1. The zero-order chi connectivity index (χ0) is 12.2. The molecule has 1 aliphatic rings. The third-order valence-corrected chi connectivity index (χ3v) is 2.87. The lowest BCUT2D eigenvalue weighted by Gasteiger charge is -2.31. The first-order valence-electron chi connectivity index (χ1n) is 5.49. The van der Waals surface area contributed by atoms with Crippen molar-refractivity contribution in [1.29, 1.82) is 0 Å². The average Bonchev–Trinajstić information content (AvgIpc) is 2.17. The van der Waals surface area contributed by atoms with Crippen molar-refractivity contribution in [2.75, 3.05) is 6.54 Å². The highest BCUT2D eigenvalue weighted by atomic mass is 19.4. The quantitative estimate of drug-likeness (QED) is 0.784. The number of alkyl halides is 3. The highest BCUT2D eigenvalue weighted by Crippen LogP contribution is 2.37. The van der Waals surface area contributed by atoms with Crippen LogP contribution in [0, 0.1) is 5.92 Å². The number of nitrogens with one attached hydrogen (secondary N) is 1. The van der Waals surface area contributed by atoms with Gasteiger partial charge in [-0.05, 0) is 19.3 Å². The minimum atomic E-state index is -4.14. The summed E-state index contributed by atoms with van der Waals surface area (Å²) in [5.74, 6) is -1.53. The second-order valence-electron chi connectivity index (χ2n) is 4.21. The fourth-order valence-corrected chi connectivity index (χ4v) is 2.05. The molecule has 0 aromatic heterocycles. The molecule has 2 unspecified atom stereocenters. The topological polar surface area (TPSA) is 55.1 Å². The van der Waals surface area contributed by atoms with Gasteiger partial charge in [-0.1, -0.05) is 6.42 Å². The van der Waals surface area contributed by atoms with Crippen LogP contribution >= 0.6 is 0 Å². The summed E-state index contributed by atoms with van der Waals surface area (Å²) >= 11 is 0. The maximum absolute atomic E-state index is 12.5. The largest absolute Gasteiger partial charge is 0.391 e. The van der Waals surface area contributed by atoms with Crippen molar-refractivity contribution in [3.8, 4) is 0 Å². The Balaban J connectivity index is 2.42. The first-order valence-corrected chi connectivity index (χ1v) is 5.49. The highest BCUT2D eigenvalue weighted by molar-refractivity contribution is 5.76. The molecule has 0 aliphatic heterocycles. The van der Waals surface area contributed by atoms with Crippen LogP contribution in [-0.4, -0.2) is 24.7 Å². The van der Waals surface area contributed by atoms with Gasteiger partial charge in [-0.3, -0.25) is 4.79 Å². The molecule has 1 amide bonds. The summed E-state index contributed by atoms with van der Waals surface area (Å²) in [5, 5.41) is 2.60. The van der Waals surface area contributed by atoms with Gasteiger partial charge >= 0.3 is 6.18 Å². The first-order chi connectivity index (χ1) is 7.43. The molecule has 0 spiro atoms. The second kappa shape index (κ2) is 5.52. The van der Waals surface area contributed by atoms with E-state index in [0.717, 1.165) is 0 Å². The lowest BCUT2D eigenvalue weighted by atomic mass is 9.85. The number of carbonyl (C=O) groups excluding carboxylic acids is 1. The molecule has 6 heteroatoms. The summed E-state index contributed by atoms with van der Waals surface area (Å²) < 4.78 is 37.4. The molecule has 1 aliphatic carbocycles. The van der Waals surface area contributed by atoms with E-state index in [4.69, 9.17) is 5.73 Å². The van der Waals surface area contributed by atoms with E-state index in [2.05, 4.69) is 5.32 Å². The summed E-state index contributed by atoms with van der Waals surface area (Å²) in [7, 11) is 0. The number of halogens is 3. The van der Waals surface area contributed by atoms with E-state index >= 15 is 0 Å². The van der Waals surface area contributed by atoms with Crippen LogP contribution in [0.25, 0.3) is 0 Å². The third kappa shape index (κ3) is 4.00. The van der Waals surface area contributed by atoms with E-state index in [9.17, 15) is 18.0 Å². The number of hydrogen-bond donors (Lipinski definition) is 2. The lowest BCUT2D eigenvalue weighted by molar-refractivity contribution is -0.184. The van der Waals surface area contributed by atoms with Crippen molar-refractivity contribution < 1.29 is 18.0 Å². The summed E-state index contributed by atoms with van der Waals surface area (Å²) in [6, 6.07) is -0.348. The highest BCUT2D eigenvalue weighted by Gasteiger charge is 2.42. The van der Waals surface area contributed by atoms with Crippen LogP contribution in [-0.2, 0) is 4.79 Å². The summed E-state index contributed by atoms with van der Waals surface area (Å²) in [4.78, 5) is 11.2. The van der Waals surface area contributed by atoms with Gasteiger partial charge in [-0.2, -0.15) is 13.2 Å². The minimum absolute atomic E-state index is 0.000187. The molecule has 1 saturated carbocycles.